The van der Waals surface area contributed by atoms with Gasteiger partial charge in [-0.05, 0) is 66.0 Å². The van der Waals surface area contributed by atoms with Gasteiger partial charge in [0.25, 0.3) is 0 Å². The Balaban J connectivity index is 1.34. The molecule has 0 bridgehead atoms. The van der Waals surface area contributed by atoms with Crippen molar-refractivity contribution in [3.8, 4) is 0 Å². The van der Waals surface area contributed by atoms with Gasteiger partial charge in [-0.2, -0.15) is 0 Å². The summed E-state index contributed by atoms with van der Waals surface area (Å²) >= 11 is 0. The molecule has 2 nitrogen and oxygen atoms in total. The Kier molecular flexibility index (Phi) is 3.64. The Morgan fingerprint density at radius 1 is 1.13 bits per heavy atom. The average molecular weight is 309 g/mol. The van der Waals surface area contributed by atoms with E-state index >= 15 is 0 Å². The third kappa shape index (κ3) is 3.00. The number of rotatable bonds is 4. The number of carbonyl (C=O) groups is 1. The molecule has 0 spiro atoms. The molecule has 4 rings (SSSR count). The monoisotopic (exact) mass is 309 g/mol. The summed E-state index contributed by atoms with van der Waals surface area (Å²) in [5, 5.41) is 3.03. The molecule has 2 aliphatic rings. The first kappa shape index (κ1) is 14.4. The second kappa shape index (κ2) is 5.80. The first-order chi connectivity index (χ1) is 11.2. The maximum absolute atomic E-state index is 13.3. The Bertz CT molecular complexity index is 755. The van der Waals surface area contributed by atoms with Crippen LogP contribution >= 0.6 is 0 Å². The molecule has 118 valence electrons. The van der Waals surface area contributed by atoms with E-state index < -0.39 is 0 Å². The predicted molar refractivity (Wildman–Crippen MR) is 87.6 cm³/mol. The molecular weight excluding hydrogens is 289 g/mol. The van der Waals surface area contributed by atoms with Crippen LogP contribution in [0.1, 0.15) is 41.0 Å². The van der Waals surface area contributed by atoms with E-state index in [0.29, 0.717) is 6.54 Å². The van der Waals surface area contributed by atoms with Gasteiger partial charge in [0.15, 0.2) is 0 Å². The van der Waals surface area contributed by atoms with Crippen molar-refractivity contribution >= 4 is 5.91 Å². The van der Waals surface area contributed by atoms with Crippen LogP contribution in [0.3, 0.4) is 0 Å². The minimum Gasteiger partial charge on any atom is -0.352 e. The Hall–Kier alpha value is -2.16. The maximum atomic E-state index is 13.3. The molecule has 2 aromatic carbocycles. The molecule has 3 heteroatoms. The Morgan fingerprint density at radius 2 is 2.00 bits per heavy atom. The quantitative estimate of drug-likeness (QED) is 0.916. The number of carbonyl (C=O) groups excluding carboxylic acids is 1. The molecule has 1 amide bonds. The maximum Gasteiger partial charge on any atom is 0.224 e. The predicted octanol–water partition coefficient (Wildman–Crippen LogP) is 3.73. The highest BCUT2D eigenvalue weighted by Gasteiger charge is 2.43. The number of fused-ring (bicyclic) bond motifs is 1. The van der Waals surface area contributed by atoms with Gasteiger partial charge in [0.1, 0.15) is 5.82 Å². The molecule has 1 saturated carbocycles. The molecule has 0 aliphatic heterocycles. The standard InChI is InChI=1S/C20H20FNO/c21-17-6-2-5-16(10-17)18-11-19(18)20(23)22-12-13-7-8-14-3-1-4-15(14)9-13/h2,5-10,18-19H,1,3-4,11-12H2,(H,22,23)/t18-,19+/m0/s1. The van der Waals surface area contributed by atoms with E-state index in [-0.39, 0.29) is 23.6 Å². The normalized spacial score (nSPS) is 21.8. The van der Waals surface area contributed by atoms with Gasteiger partial charge in [-0.25, -0.2) is 4.39 Å². The van der Waals surface area contributed by atoms with E-state index in [2.05, 4.69) is 23.5 Å². The number of hydrogen-bond acceptors (Lipinski definition) is 1. The number of nitrogens with one attached hydrogen (secondary N) is 1. The van der Waals surface area contributed by atoms with Gasteiger partial charge in [0.05, 0.1) is 0 Å². The number of hydrogen-bond donors (Lipinski definition) is 1. The zero-order valence-corrected chi connectivity index (χ0v) is 13.0. The molecule has 2 aromatic rings. The SMILES string of the molecule is O=C(NCc1ccc2c(c1)CCC2)[C@@H]1C[C@H]1c1cccc(F)c1. The summed E-state index contributed by atoms with van der Waals surface area (Å²) in [6.07, 6.45) is 4.39. The molecule has 1 N–H and O–H groups in total. The van der Waals surface area contributed by atoms with Gasteiger partial charge in [0, 0.05) is 12.5 Å². The lowest BCUT2D eigenvalue weighted by Gasteiger charge is -2.07. The van der Waals surface area contributed by atoms with E-state index in [1.807, 2.05) is 6.07 Å². The number of benzene rings is 2. The van der Waals surface area contributed by atoms with Crippen LogP contribution in [-0.2, 0) is 24.2 Å². The van der Waals surface area contributed by atoms with Crippen LogP contribution in [0.15, 0.2) is 42.5 Å². The molecule has 0 heterocycles. The fourth-order valence-corrected chi connectivity index (χ4v) is 3.65. The van der Waals surface area contributed by atoms with Gasteiger partial charge in [-0.15, -0.1) is 0 Å². The van der Waals surface area contributed by atoms with Crippen molar-refractivity contribution in [1.29, 1.82) is 0 Å². The van der Waals surface area contributed by atoms with Gasteiger partial charge < -0.3 is 5.32 Å². The summed E-state index contributed by atoms with van der Waals surface area (Å²) in [4.78, 5) is 12.3. The summed E-state index contributed by atoms with van der Waals surface area (Å²) in [7, 11) is 0. The summed E-state index contributed by atoms with van der Waals surface area (Å²) in [6, 6.07) is 13.1. The lowest BCUT2D eigenvalue weighted by molar-refractivity contribution is -0.122. The van der Waals surface area contributed by atoms with Crippen LogP contribution in [0.4, 0.5) is 4.39 Å². The molecule has 2 aliphatic carbocycles. The van der Waals surface area contributed by atoms with Crippen molar-refractivity contribution in [2.75, 3.05) is 0 Å². The van der Waals surface area contributed by atoms with Crippen molar-refractivity contribution in [3.63, 3.8) is 0 Å². The number of amides is 1. The van der Waals surface area contributed by atoms with Crippen molar-refractivity contribution in [3.05, 3.63) is 70.5 Å². The van der Waals surface area contributed by atoms with Gasteiger partial charge in [-0.3, -0.25) is 4.79 Å². The van der Waals surface area contributed by atoms with Gasteiger partial charge in [-0.1, -0.05) is 30.3 Å². The fourth-order valence-electron chi connectivity index (χ4n) is 3.65. The highest BCUT2D eigenvalue weighted by atomic mass is 19.1. The molecular formula is C20H20FNO. The highest BCUT2D eigenvalue weighted by molar-refractivity contribution is 5.82. The zero-order valence-electron chi connectivity index (χ0n) is 13.0. The van der Waals surface area contributed by atoms with Gasteiger partial charge >= 0.3 is 0 Å². The third-order valence-electron chi connectivity index (χ3n) is 5.03. The van der Waals surface area contributed by atoms with E-state index in [1.54, 1.807) is 12.1 Å². The second-order valence-corrected chi connectivity index (χ2v) is 6.68. The van der Waals surface area contributed by atoms with Crippen molar-refractivity contribution in [2.45, 2.75) is 38.1 Å². The lowest BCUT2D eigenvalue weighted by Crippen LogP contribution is -2.24. The Morgan fingerprint density at radius 3 is 2.87 bits per heavy atom. The average Bonchev–Trinajstić information content (AvgIpc) is 3.23. The van der Waals surface area contributed by atoms with Gasteiger partial charge in [0.2, 0.25) is 5.91 Å². The van der Waals surface area contributed by atoms with E-state index in [0.717, 1.165) is 18.4 Å². The number of aryl methyl sites for hydroxylation is 2. The summed E-state index contributed by atoms with van der Waals surface area (Å²) in [5.41, 5.74) is 4.99. The van der Waals surface area contributed by atoms with Crippen molar-refractivity contribution < 1.29 is 9.18 Å². The molecule has 0 radical (unpaired) electrons. The molecule has 2 atom stereocenters. The minimum atomic E-state index is -0.230. The van der Waals surface area contributed by atoms with Crippen LogP contribution in [-0.4, -0.2) is 5.91 Å². The van der Waals surface area contributed by atoms with Crippen LogP contribution < -0.4 is 5.32 Å². The molecule has 23 heavy (non-hydrogen) atoms. The Labute approximate surface area is 135 Å². The molecule has 0 saturated heterocycles. The summed E-state index contributed by atoms with van der Waals surface area (Å²) in [5.74, 6) is 0.0170. The zero-order chi connectivity index (χ0) is 15.8. The highest BCUT2D eigenvalue weighted by Crippen LogP contribution is 2.47. The van der Waals surface area contributed by atoms with Crippen LogP contribution in [0.2, 0.25) is 0 Å². The number of halogens is 1. The molecule has 0 aromatic heterocycles. The van der Waals surface area contributed by atoms with E-state index in [4.69, 9.17) is 0 Å². The smallest absolute Gasteiger partial charge is 0.224 e. The second-order valence-electron chi connectivity index (χ2n) is 6.68. The molecule has 1 fully saturated rings. The summed E-state index contributed by atoms with van der Waals surface area (Å²) < 4.78 is 13.3. The van der Waals surface area contributed by atoms with Crippen molar-refractivity contribution in [1.82, 2.24) is 5.32 Å². The van der Waals surface area contributed by atoms with E-state index in [9.17, 15) is 9.18 Å². The third-order valence-corrected chi connectivity index (χ3v) is 5.03. The minimum absolute atomic E-state index is 0.00812. The topological polar surface area (TPSA) is 29.1 Å². The van der Waals surface area contributed by atoms with Crippen LogP contribution in [0.25, 0.3) is 0 Å². The first-order valence-corrected chi connectivity index (χ1v) is 8.34. The molecule has 0 unspecified atom stereocenters. The summed E-state index contributed by atoms with van der Waals surface area (Å²) in [6.45, 7) is 0.582. The van der Waals surface area contributed by atoms with Crippen LogP contribution in [0, 0.1) is 11.7 Å². The van der Waals surface area contributed by atoms with Crippen LogP contribution in [0.5, 0.6) is 0 Å². The fraction of sp³-hybridized carbons (Fsp3) is 0.350. The van der Waals surface area contributed by atoms with E-state index in [1.165, 1.54) is 35.6 Å². The van der Waals surface area contributed by atoms with Crippen molar-refractivity contribution in [2.24, 2.45) is 5.92 Å². The lowest BCUT2D eigenvalue weighted by atomic mass is 10.1. The first-order valence-electron chi connectivity index (χ1n) is 8.34. The largest absolute Gasteiger partial charge is 0.352 e.